The normalized spacial score (nSPS) is 12.7. The summed E-state index contributed by atoms with van der Waals surface area (Å²) in [4.78, 5) is 0. The molecule has 0 fully saturated rings. The molecule has 0 aliphatic carbocycles. The van der Waals surface area contributed by atoms with E-state index in [0.717, 1.165) is 22.3 Å². The van der Waals surface area contributed by atoms with Crippen molar-refractivity contribution in [2.75, 3.05) is 0 Å². The first-order chi connectivity index (χ1) is 9.08. The van der Waals surface area contributed by atoms with Gasteiger partial charge in [0.15, 0.2) is 0 Å². The SMILES string of the molecule is Cc1ccccc1-c1cccc(CC(N)C(F)F)c1. The lowest BCUT2D eigenvalue weighted by Crippen LogP contribution is -2.30. The van der Waals surface area contributed by atoms with Crippen LogP contribution in [0.3, 0.4) is 0 Å². The number of rotatable bonds is 4. The van der Waals surface area contributed by atoms with Gasteiger partial charge < -0.3 is 5.73 Å². The Labute approximate surface area is 112 Å². The van der Waals surface area contributed by atoms with Gasteiger partial charge in [-0.3, -0.25) is 0 Å². The van der Waals surface area contributed by atoms with Crippen molar-refractivity contribution in [2.45, 2.75) is 25.8 Å². The van der Waals surface area contributed by atoms with Crippen molar-refractivity contribution in [1.29, 1.82) is 0 Å². The van der Waals surface area contributed by atoms with E-state index in [4.69, 9.17) is 5.73 Å². The molecule has 3 heteroatoms. The van der Waals surface area contributed by atoms with E-state index in [1.54, 1.807) is 0 Å². The molecule has 2 N–H and O–H groups in total. The van der Waals surface area contributed by atoms with Crippen molar-refractivity contribution in [3.8, 4) is 11.1 Å². The molecule has 2 rings (SSSR count). The molecule has 0 aliphatic rings. The quantitative estimate of drug-likeness (QED) is 0.890. The molecule has 1 atom stereocenters. The summed E-state index contributed by atoms with van der Waals surface area (Å²) in [7, 11) is 0. The summed E-state index contributed by atoms with van der Waals surface area (Å²) in [6.07, 6.45) is -2.29. The predicted octanol–water partition coefficient (Wildman–Crippen LogP) is 3.80. The van der Waals surface area contributed by atoms with Gasteiger partial charge in [-0.25, -0.2) is 8.78 Å². The fourth-order valence-electron chi connectivity index (χ4n) is 2.12. The Kier molecular flexibility index (Phi) is 4.27. The van der Waals surface area contributed by atoms with E-state index in [-0.39, 0.29) is 6.42 Å². The molecular formula is C16H17F2N. The second-order valence-electron chi connectivity index (χ2n) is 4.72. The molecule has 0 saturated carbocycles. The second-order valence-corrected chi connectivity index (χ2v) is 4.72. The molecule has 0 heterocycles. The highest BCUT2D eigenvalue weighted by Crippen LogP contribution is 2.24. The molecule has 0 aromatic heterocycles. The molecule has 0 aliphatic heterocycles. The van der Waals surface area contributed by atoms with Crippen molar-refractivity contribution >= 4 is 0 Å². The van der Waals surface area contributed by atoms with E-state index >= 15 is 0 Å². The Hall–Kier alpha value is -1.74. The lowest BCUT2D eigenvalue weighted by Gasteiger charge is -2.12. The van der Waals surface area contributed by atoms with E-state index in [1.165, 1.54) is 0 Å². The summed E-state index contributed by atoms with van der Waals surface area (Å²) in [5.74, 6) is 0. The van der Waals surface area contributed by atoms with E-state index in [0.29, 0.717) is 0 Å². The molecular weight excluding hydrogens is 244 g/mol. The highest BCUT2D eigenvalue weighted by atomic mass is 19.3. The van der Waals surface area contributed by atoms with Crippen LogP contribution in [0, 0.1) is 6.92 Å². The smallest absolute Gasteiger partial charge is 0.253 e. The summed E-state index contributed by atoms with van der Waals surface area (Å²) < 4.78 is 25.0. The van der Waals surface area contributed by atoms with E-state index in [9.17, 15) is 8.78 Å². The molecule has 1 nitrogen and oxygen atoms in total. The van der Waals surface area contributed by atoms with Crippen molar-refractivity contribution in [2.24, 2.45) is 5.73 Å². The van der Waals surface area contributed by atoms with Gasteiger partial charge in [0.25, 0.3) is 6.43 Å². The Morgan fingerprint density at radius 2 is 1.79 bits per heavy atom. The highest BCUT2D eigenvalue weighted by Gasteiger charge is 2.15. The van der Waals surface area contributed by atoms with E-state index in [2.05, 4.69) is 0 Å². The maximum Gasteiger partial charge on any atom is 0.253 e. The summed E-state index contributed by atoms with van der Waals surface area (Å²) in [6.45, 7) is 2.03. The summed E-state index contributed by atoms with van der Waals surface area (Å²) in [5, 5.41) is 0. The van der Waals surface area contributed by atoms with E-state index < -0.39 is 12.5 Å². The molecule has 1 unspecified atom stereocenters. The Bertz CT molecular complexity index is 552. The fraction of sp³-hybridized carbons (Fsp3) is 0.250. The molecule has 0 radical (unpaired) electrons. The molecule has 100 valence electrons. The van der Waals surface area contributed by atoms with Gasteiger partial charge in [0, 0.05) is 0 Å². The van der Waals surface area contributed by atoms with Gasteiger partial charge in [-0.1, -0.05) is 48.5 Å². The van der Waals surface area contributed by atoms with Gasteiger partial charge in [0.1, 0.15) is 0 Å². The maximum atomic E-state index is 12.5. The van der Waals surface area contributed by atoms with Crippen LogP contribution in [0.2, 0.25) is 0 Å². The van der Waals surface area contributed by atoms with Gasteiger partial charge in [0.05, 0.1) is 6.04 Å². The first kappa shape index (κ1) is 13.7. The van der Waals surface area contributed by atoms with E-state index in [1.807, 2.05) is 55.5 Å². The van der Waals surface area contributed by atoms with Crippen LogP contribution in [0.1, 0.15) is 11.1 Å². The number of nitrogens with two attached hydrogens (primary N) is 1. The number of halogens is 2. The number of hydrogen-bond donors (Lipinski definition) is 1. The van der Waals surface area contributed by atoms with Crippen LogP contribution < -0.4 is 5.73 Å². The Morgan fingerprint density at radius 3 is 2.47 bits per heavy atom. The second kappa shape index (κ2) is 5.93. The van der Waals surface area contributed by atoms with Crippen LogP contribution in [0.15, 0.2) is 48.5 Å². The number of aryl methyl sites for hydroxylation is 1. The third kappa shape index (κ3) is 3.38. The van der Waals surface area contributed by atoms with Crippen LogP contribution in [-0.2, 0) is 6.42 Å². The van der Waals surface area contributed by atoms with Crippen molar-refractivity contribution in [3.05, 3.63) is 59.7 Å². The molecule has 19 heavy (non-hydrogen) atoms. The standard InChI is InChI=1S/C16H17F2N/c1-11-5-2-3-8-14(11)13-7-4-6-12(9-13)10-15(19)16(17)18/h2-9,15-16H,10,19H2,1H3. The average Bonchev–Trinajstić information content (AvgIpc) is 2.39. The molecule has 0 spiro atoms. The minimum atomic E-state index is -2.48. The average molecular weight is 261 g/mol. The van der Waals surface area contributed by atoms with Crippen LogP contribution in [0.4, 0.5) is 8.78 Å². The lowest BCUT2D eigenvalue weighted by atomic mass is 9.97. The summed E-state index contributed by atoms with van der Waals surface area (Å²) in [5.41, 5.74) is 9.58. The third-order valence-electron chi connectivity index (χ3n) is 3.18. The largest absolute Gasteiger partial charge is 0.323 e. The van der Waals surface area contributed by atoms with Gasteiger partial charge in [0.2, 0.25) is 0 Å². The molecule has 2 aromatic rings. The van der Waals surface area contributed by atoms with Crippen LogP contribution in [0.25, 0.3) is 11.1 Å². The van der Waals surface area contributed by atoms with Crippen LogP contribution >= 0.6 is 0 Å². The maximum absolute atomic E-state index is 12.5. The molecule has 0 amide bonds. The van der Waals surface area contributed by atoms with Crippen molar-refractivity contribution in [3.63, 3.8) is 0 Å². The molecule has 0 bridgehead atoms. The lowest BCUT2D eigenvalue weighted by molar-refractivity contribution is 0.116. The topological polar surface area (TPSA) is 26.0 Å². The Morgan fingerprint density at radius 1 is 1.05 bits per heavy atom. The number of alkyl halides is 2. The van der Waals surface area contributed by atoms with Crippen molar-refractivity contribution in [1.82, 2.24) is 0 Å². The van der Waals surface area contributed by atoms with Crippen molar-refractivity contribution < 1.29 is 8.78 Å². The zero-order valence-corrected chi connectivity index (χ0v) is 10.8. The predicted molar refractivity (Wildman–Crippen MR) is 74.3 cm³/mol. The number of hydrogen-bond acceptors (Lipinski definition) is 1. The zero-order valence-electron chi connectivity index (χ0n) is 10.8. The van der Waals surface area contributed by atoms with Gasteiger partial charge in [-0.2, -0.15) is 0 Å². The fourth-order valence-corrected chi connectivity index (χ4v) is 2.12. The minimum absolute atomic E-state index is 0.192. The van der Waals surface area contributed by atoms with Gasteiger partial charge >= 0.3 is 0 Å². The number of benzene rings is 2. The first-order valence-corrected chi connectivity index (χ1v) is 6.26. The van der Waals surface area contributed by atoms with Crippen LogP contribution in [-0.4, -0.2) is 12.5 Å². The minimum Gasteiger partial charge on any atom is -0.323 e. The third-order valence-corrected chi connectivity index (χ3v) is 3.18. The Balaban J connectivity index is 2.27. The first-order valence-electron chi connectivity index (χ1n) is 6.26. The monoisotopic (exact) mass is 261 g/mol. The molecule has 0 saturated heterocycles. The molecule has 2 aromatic carbocycles. The van der Waals surface area contributed by atoms with Crippen LogP contribution in [0.5, 0.6) is 0 Å². The zero-order chi connectivity index (χ0) is 13.8. The summed E-state index contributed by atoms with van der Waals surface area (Å²) in [6, 6.07) is 14.6. The summed E-state index contributed by atoms with van der Waals surface area (Å²) >= 11 is 0. The highest BCUT2D eigenvalue weighted by molar-refractivity contribution is 5.67. The van der Waals surface area contributed by atoms with Gasteiger partial charge in [-0.15, -0.1) is 0 Å². The van der Waals surface area contributed by atoms with Gasteiger partial charge in [-0.05, 0) is 35.6 Å².